The van der Waals surface area contributed by atoms with Gasteiger partial charge >= 0.3 is 0 Å². The minimum Gasteiger partial charge on any atom is -0.366 e. The van der Waals surface area contributed by atoms with E-state index in [2.05, 4.69) is 0 Å². The van der Waals surface area contributed by atoms with E-state index in [0.717, 1.165) is 6.26 Å². The fourth-order valence-electron chi connectivity index (χ4n) is 1.97. The van der Waals surface area contributed by atoms with Crippen molar-refractivity contribution in [2.45, 2.75) is 6.54 Å². The number of hydrogen-bond acceptors (Lipinski definition) is 3. The van der Waals surface area contributed by atoms with Crippen LogP contribution in [0.25, 0.3) is 0 Å². The first kappa shape index (κ1) is 16.3. The highest BCUT2D eigenvalue weighted by Crippen LogP contribution is 2.24. The van der Waals surface area contributed by atoms with Gasteiger partial charge in [-0.15, -0.1) is 0 Å². The molecule has 0 fully saturated rings. The molecule has 0 saturated carbocycles. The van der Waals surface area contributed by atoms with Gasteiger partial charge < -0.3 is 5.73 Å². The van der Waals surface area contributed by atoms with E-state index in [-0.39, 0.29) is 6.54 Å². The fourth-order valence-corrected chi connectivity index (χ4v) is 3.05. The highest BCUT2D eigenvalue weighted by molar-refractivity contribution is 7.92. The number of sulfonamides is 1. The Morgan fingerprint density at radius 3 is 2.23 bits per heavy atom. The van der Waals surface area contributed by atoms with Gasteiger partial charge in [-0.2, -0.15) is 0 Å². The lowest BCUT2D eigenvalue weighted by Gasteiger charge is -2.23. The summed E-state index contributed by atoms with van der Waals surface area (Å²) in [6.45, 7) is 0.106. The van der Waals surface area contributed by atoms with Gasteiger partial charge in [0.15, 0.2) is 0 Å². The van der Waals surface area contributed by atoms with Crippen molar-refractivity contribution in [2.24, 2.45) is 5.73 Å². The van der Waals surface area contributed by atoms with E-state index in [1.807, 2.05) is 0 Å². The van der Waals surface area contributed by atoms with Crippen LogP contribution in [0.2, 0.25) is 5.02 Å². The summed E-state index contributed by atoms with van der Waals surface area (Å²) >= 11 is 6.09. The molecule has 0 aromatic heterocycles. The van der Waals surface area contributed by atoms with Gasteiger partial charge in [-0.25, -0.2) is 8.42 Å². The lowest BCUT2D eigenvalue weighted by molar-refractivity contribution is 0.100. The molecule has 2 rings (SSSR count). The van der Waals surface area contributed by atoms with E-state index in [4.69, 9.17) is 17.3 Å². The van der Waals surface area contributed by atoms with Gasteiger partial charge in [0.2, 0.25) is 15.9 Å². The molecule has 0 aliphatic rings. The predicted molar refractivity (Wildman–Crippen MR) is 87.4 cm³/mol. The molecule has 2 aromatic rings. The molecule has 0 heterocycles. The maximum Gasteiger partial charge on any atom is 0.248 e. The average Bonchev–Trinajstić information content (AvgIpc) is 2.45. The number of benzene rings is 2. The first-order valence-corrected chi connectivity index (χ1v) is 8.62. The Morgan fingerprint density at radius 1 is 1.14 bits per heavy atom. The summed E-state index contributed by atoms with van der Waals surface area (Å²) in [4.78, 5) is 11.1. The number of hydrogen-bond donors (Lipinski definition) is 1. The molecule has 0 unspecified atom stereocenters. The normalized spacial score (nSPS) is 11.2. The van der Waals surface area contributed by atoms with Crippen LogP contribution in [0, 0.1) is 0 Å². The van der Waals surface area contributed by atoms with Gasteiger partial charge in [0.05, 0.1) is 18.5 Å². The molecule has 1 amide bonds. The number of anilines is 1. The average molecular weight is 339 g/mol. The lowest BCUT2D eigenvalue weighted by atomic mass is 10.2. The Bertz CT molecular complexity index is 789. The minimum atomic E-state index is -3.51. The number of nitrogens with zero attached hydrogens (tertiary/aromatic N) is 1. The Kier molecular flexibility index (Phi) is 4.73. The van der Waals surface area contributed by atoms with Crippen LogP contribution in [0.5, 0.6) is 0 Å². The SMILES string of the molecule is CS(=O)(=O)N(Cc1ccccc1Cl)c1ccc(C(N)=O)cc1. The van der Waals surface area contributed by atoms with Crippen LogP contribution >= 0.6 is 11.6 Å². The lowest BCUT2D eigenvalue weighted by Crippen LogP contribution is -2.29. The van der Waals surface area contributed by atoms with Crippen molar-refractivity contribution in [3.63, 3.8) is 0 Å². The maximum atomic E-state index is 12.1. The topological polar surface area (TPSA) is 80.5 Å². The maximum absolute atomic E-state index is 12.1. The largest absolute Gasteiger partial charge is 0.366 e. The summed E-state index contributed by atoms with van der Waals surface area (Å²) < 4.78 is 25.3. The van der Waals surface area contributed by atoms with E-state index < -0.39 is 15.9 Å². The highest BCUT2D eigenvalue weighted by atomic mass is 35.5. The fraction of sp³-hybridized carbons (Fsp3) is 0.133. The number of nitrogens with two attached hydrogens (primary N) is 1. The number of rotatable bonds is 5. The molecule has 0 aliphatic heterocycles. The van der Waals surface area contributed by atoms with Crippen molar-refractivity contribution < 1.29 is 13.2 Å². The van der Waals surface area contributed by atoms with Gasteiger partial charge in [-0.1, -0.05) is 29.8 Å². The molecule has 2 N–H and O–H groups in total. The Morgan fingerprint density at radius 2 is 1.73 bits per heavy atom. The molecule has 0 spiro atoms. The molecule has 0 saturated heterocycles. The molecule has 0 atom stereocenters. The van der Waals surface area contributed by atoms with Crippen LogP contribution in [-0.4, -0.2) is 20.6 Å². The van der Waals surface area contributed by atoms with Gasteiger partial charge in [-0.05, 0) is 35.9 Å². The second kappa shape index (κ2) is 6.37. The van der Waals surface area contributed by atoms with E-state index in [1.54, 1.807) is 24.3 Å². The Balaban J connectivity index is 2.39. The number of carbonyl (C=O) groups is 1. The third-order valence-corrected chi connectivity index (χ3v) is 4.62. The van der Waals surface area contributed by atoms with Gasteiger partial charge in [0.25, 0.3) is 0 Å². The molecule has 116 valence electrons. The summed E-state index contributed by atoms with van der Waals surface area (Å²) in [5, 5.41) is 0.491. The standard InChI is InChI=1S/C15H15ClN2O3S/c1-22(20,21)18(10-12-4-2-3-5-14(12)16)13-8-6-11(7-9-13)15(17)19/h2-9H,10H2,1H3,(H2,17,19). The summed E-state index contributed by atoms with van der Waals surface area (Å²) in [5.41, 5.74) is 6.62. The summed E-state index contributed by atoms with van der Waals surface area (Å²) in [7, 11) is -3.51. The van der Waals surface area contributed by atoms with Crippen molar-refractivity contribution in [3.8, 4) is 0 Å². The zero-order valence-corrected chi connectivity index (χ0v) is 13.4. The van der Waals surface area contributed by atoms with Crippen molar-refractivity contribution in [2.75, 3.05) is 10.6 Å². The summed E-state index contributed by atoms with van der Waals surface area (Å²) in [6.07, 6.45) is 1.12. The quantitative estimate of drug-likeness (QED) is 0.909. The van der Waals surface area contributed by atoms with E-state index in [0.29, 0.717) is 21.8 Å². The van der Waals surface area contributed by atoms with Gasteiger partial charge in [0, 0.05) is 10.6 Å². The van der Waals surface area contributed by atoms with E-state index in [9.17, 15) is 13.2 Å². The summed E-state index contributed by atoms with van der Waals surface area (Å²) in [5.74, 6) is -0.566. The van der Waals surface area contributed by atoms with Crippen molar-refractivity contribution in [1.29, 1.82) is 0 Å². The van der Waals surface area contributed by atoms with E-state index >= 15 is 0 Å². The number of carbonyl (C=O) groups excluding carboxylic acids is 1. The van der Waals surface area contributed by atoms with Crippen LogP contribution in [0.3, 0.4) is 0 Å². The van der Waals surface area contributed by atoms with Crippen molar-refractivity contribution in [1.82, 2.24) is 0 Å². The van der Waals surface area contributed by atoms with E-state index in [1.165, 1.54) is 28.6 Å². The third-order valence-electron chi connectivity index (χ3n) is 3.11. The molecule has 22 heavy (non-hydrogen) atoms. The molecular weight excluding hydrogens is 324 g/mol. The van der Waals surface area contributed by atoms with Crippen LogP contribution in [0.4, 0.5) is 5.69 Å². The molecule has 0 bridgehead atoms. The minimum absolute atomic E-state index is 0.106. The van der Waals surface area contributed by atoms with Crippen LogP contribution in [0.15, 0.2) is 48.5 Å². The Labute approximate surface area is 134 Å². The number of primary amides is 1. The predicted octanol–water partition coefficient (Wildman–Crippen LogP) is 2.41. The summed E-state index contributed by atoms with van der Waals surface area (Å²) in [6, 6.07) is 13.1. The Hall–Kier alpha value is -2.05. The zero-order valence-electron chi connectivity index (χ0n) is 11.9. The molecule has 0 aliphatic carbocycles. The first-order valence-electron chi connectivity index (χ1n) is 6.40. The molecule has 7 heteroatoms. The number of amides is 1. The van der Waals surface area contributed by atoms with Gasteiger partial charge in [0.1, 0.15) is 0 Å². The van der Waals surface area contributed by atoms with Crippen molar-refractivity contribution in [3.05, 3.63) is 64.7 Å². The van der Waals surface area contributed by atoms with Crippen molar-refractivity contribution >= 4 is 33.2 Å². The second-order valence-corrected chi connectivity index (χ2v) is 7.09. The molecule has 2 aromatic carbocycles. The van der Waals surface area contributed by atoms with Crippen LogP contribution < -0.4 is 10.0 Å². The molecular formula is C15H15ClN2O3S. The molecule has 0 radical (unpaired) electrons. The smallest absolute Gasteiger partial charge is 0.248 e. The van der Waals surface area contributed by atoms with Crippen LogP contribution in [-0.2, 0) is 16.6 Å². The second-order valence-electron chi connectivity index (χ2n) is 4.77. The third kappa shape index (κ3) is 3.78. The monoisotopic (exact) mass is 338 g/mol. The zero-order chi connectivity index (χ0) is 16.3. The van der Waals surface area contributed by atoms with Gasteiger partial charge in [-0.3, -0.25) is 9.10 Å². The highest BCUT2D eigenvalue weighted by Gasteiger charge is 2.19. The van der Waals surface area contributed by atoms with Crippen LogP contribution in [0.1, 0.15) is 15.9 Å². The molecule has 5 nitrogen and oxygen atoms in total. The first-order chi connectivity index (χ1) is 10.3. The number of halogens is 1.